The lowest BCUT2D eigenvalue weighted by Crippen LogP contribution is -2.63. The number of hydrogen-bond acceptors (Lipinski definition) is 5. The van der Waals surface area contributed by atoms with Crippen molar-refractivity contribution in [1.82, 2.24) is 9.21 Å². The van der Waals surface area contributed by atoms with Crippen LogP contribution in [0.2, 0.25) is 0 Å². The molecule has 8 nitrogen and oxygen atoms in total. The summed E-state index contributed by atoms with van der Waals surface area (Å²) in [6.07, 6.45) is -0.800. The third-order valence-electron chi connectivity index (χ3n) is 4.43. The number of nitrogens with two attached hydrogens (primary N) is 1. The number of primary amides is 1. The molecule has 2 aliphatic heterocycles. The zero-order valence-corrected chi connectivity index (χ0v) is 14.2. The van der Waals surface area contributed by atoms with E-state index in [4.69, 9.17) is 10.5 Å². The Morgan fingerprint density at radius 2 is 1.92 bits per heavy atom. The fourth-order valence-corrected chi connectivity index (χ4v) is 4.60. The number of ether oxygens (including phenoxy) is 1. The van der Waals surface area contributed by atoms with Crippen LogP contribution in [0.1, 0.15) is 12.5 Å². The first-order valence-corrected chi connectivity index (χ1v) is 8.99. The first-order chi connectivity index (χ1) is 11.2. The molecular formula is C15H19N3O5S. The van der Waals surface area contributed by atoms with Crippen LogP contribution >= 0.6 is 0 Å². The van der Waals surface area contributed by atoms with Gasteiger partial charge < -0.3 is 10.5 Å². The van der Waals surface area contributed by atoms with Gasteiger partial charge in [0.05, 0.1) is 18.0 Å². The van der Waals surface area contributed by atoms with Crippen molar-refractivity contribution in [3.63, 3.8) is 0 Å². The Labute approximate surface area is 140 Å². The second-order valence-electron chi connectivity index (χ2n) is 6.02. The molecule has 0 bridgehead atoms. The van der Waals surface area contributed by atoms with E-state index in [1.54, 1.807) is 12.1 Å². The molecule has 3 atom stereocenters. The average Bonchev–Trinajstić information content (AvgIpc) is 2.95. The Balaban J connectivity index is 1.92. The lowest BCUT2D eigenvalue weighted by molar-refractivity contribution is -0.151. The summed E-state index contributed by atoms with van der Waals surface area (Å²) in [5.41, 5.74) is 6.23. The molecule has 2 aliphatic rings. The van der Waals surface area contributed by atoms with Gasteiger partial charge in [-0.3, -0.25) is 14.5 Å². The molecule has 3 rings (SSSR count). The summed E-state index contributed by atoms with van der Waals surface area (Å²) < 4.78 is 32.3. The first kappa shape index (κ1) is 16.9. The van der Waals surface area contributed by atoms with Gasteiger partial charge in [0.2, 0.25) is 21.8 Å². The van der Waals surface area contributed by atoms with Crippen molar-refractivity contribution in [2.75, 3.05) is 13.2 Å². The molecule has 1 aromatic rings. The number of rotatable bonds is 3. The lowest BCUT2D eigenvalue weighted by atomic mass is 10.1. The molecule has 1 aromatic carbocycles. The maximum atomic E-state index is 12.9. The minimum absolute atomic E-state index is 0.0170. The van der Waals surface area contributed by atoms with E-state index in [0.717, 1.165) is 9.87 Å². The van der Waals surface area contributed by atoms with Gasteiger partial charge in [-0.25, -0.2) is 8.42 Å². The second-order valence-corrected chi connectivity index (χ2v) is 7.91. The number of nitrogens with zero attached hydrogens (tertiary/aromatic N) is 2. The van der Waals surface area contributed by atoms with Crippen molar-refractivity contribution in [3.05, 3.63) is 29.8 Å². The van der Waals surface area contributed by atoms with E-state index in [-0.39, 0.29) is 18.0 Å². The van der Waals surface area contributed by atoms with Crippen LogP contribution in [0.25, 0.3) is 0 Å². The van der Waals surface area contributed by atoms with Gasteiger partial charge in [-0.1, -0.05) is 17.7 Å². The summed E-state index contributed by atoms with van der Waals surface area (Å²) in [4.78, 5) is 25.4. The van der Waals surface area contributed by atoms with E-state index in [1.165, 1.54) is 24.0 Å². The van der Waals surface area contributed by atoms with E-state index in [1.807, 2.05) is 6.92 Å². The largest absolute Gasteiger partial charge is 0.368 e. The van der Waals surface area contributed by atoms with E-state index >= 15 is 0 Å². The summed E-state index contributed by atoms with van der Waals surface area (Å²) in [6.45, 7) is 3.31. The lowest BCUT2D eigenvalue weighted by Gasteiger charge is -2.40. The fraction of sp³-hybridized carbons (Fsp3) is 0.467. The van der Waals surface area contributed by atoms with Gasteiger partial charge in [0, 0.05) is 0 Å². The van der Waals surface area contributed by atoms with Crippen LogP contribution in [-0.4, -0.2) is 60.9 Å². The number of aryl methyl sites for hydroxylation is 1. The number of sulfonamides is 1. The van der Waals surface area contributed by atoms with E-state index in [2.05, 4.69) is 0 Å². The number of carbonyl (C=O) groups is 2. The molecule has 0 spiro atoms. The predicted octanol–water partition coefficient (Wildman–Crippen LogP) is -0.573. The second kappa shape index (κ2) is 5.83. The van der Waals surface area contributed by atoms with E-state index in [0.29, 0.717) is 0 Å². The van der Waals surface area contributed by atoms with Crippen LogP contribution in [0, 0.1) is 6.92 Å². The Bertz CT molecular complexity index is 777. The third-order valence-corrected chi connectivity index (χ3v) is 6.38. The standard InChI is InChI=1S/C15H19N3O5S/c1-9-3-5-11(6-4-9)24(21,22)17-7-13-18(15(20)10(17)2)12(8-23-13)14(16)19/h3-6,10,12-13H,7-8H2,1-2H3,(H2,16,19)/t10-,12+,13+/m1/s1. The maximum Gasteiger partial charge on any atom is 0.243 e. The quantitative estimate of drug-likeness (QED) is 0.782. The Hall–Kier alpha value is -1.97. The highest BCUT2D eigenvalue weighted by Crippen LogP contribution is 2.29. The van der Waals surface area contributed by atoms with E-state index < -0.39 is 40.1 Å². The maximum absolute atomic E-state index is 12.9. The molecule has 2 N–H and O–H groups in total. The monoisotopic (exact) mass is 353 g/mol. The van der Waals surface area contributed by atoms with Gasteiger partial charge in [-0.05, 0) is 26.0 Å². The summed E-state index contributed by atoms with van der Waals surface area (Å²) in [5.74, 6) is -1.14. The highest BCUT2D eigenvalue weighted by Gasteiger charge is 2.51. The molecular weight excluding hydrogens is 334 g/mol. The topological polar surface area (TPSA) is 110 Å². The van der Waals surface area contributed by atoms with Crippen molar-refractivity contribution in [2.45, 2.75) is 37.1 Å². The summed E-state index contributed by atoms with van der Waals surface area (Å²) >= 11 is 0. The number of benzene rings is 1. The molecule has 130 valence electrons. The number of hydrogen-bond donors (Lipinski definition) is 1. The molecule has 9 heteroatoms. The first-order valence-electron chi connectivity index (χ1n) is 7.55. The smallest absolute Gasteiger partial charge is 0.243 e. The molecule has 0 aromatic heterocycles. The molecule has 2 heterocycles. The molecule has 0 saturated carbocycles. The highest BCUT2D eigenvalue weighted by molar-refractivity contribution is 7.89. The van der Waals surface area contributed by atoms with Crippen LogP contribution in [0.15, 0.2) is 29.2 Å². The minimum Gasteiger partial charge on any atom is -0.368 e. The fourth-order valence-electron chi connectivity index (χ4n) is 3.02. The van der Waals surface area contributed by atoms with Gasteiger partial charge in [0.15, 0.2) is 0 Å². The van der Waals surface area contributed by atoms with Crippen molar-refractivity contribution < 1.29 is 22.7 Å². The van der Waals surface area contributed by atoms with Crippen LogP contribution in [0.3, 0.4) is 0 Å². The number of fused-ring (bicyclic) bond motifs is 1. The van der Waals surface area contributed by atoms with Gasteiger partial charge in [-0.15, -0.1) is 0 Å². The van der Waals surface area contributed by atoms with Crippen molar-refractivity contribution in [2.24, 2.45) is 5.73 Å². The van der Waals surface area contributed by atoms with E-state index in [9.17, 15) is 18.0 Å². The Kier molecular flexibility index (Phi) is 4.10. The summed E-state index contributed by atoms with van der Waals surface area (Å²) in [5, 5.41) is 0. The van der Waals surface area contributed by atoms with Gasteiger partial charge in [0.25, 0.3) is 0 Å². The SMILES string of the molecule is Cc1ccc(S(=O)(=O)N2C[C@@H]3OC[C@@H](C(N)=O)N3C(=O)[C@H]2C)cc1. The molecule has 2 saturated heterocycles. The van der Waals surface area contributed by atoms with Crippen LogP contribution < -0.4 is 5.73 Å². The van der Waals surface area contributed by atoms with Crippen molar-refractivity contribution in [3.8, 4) is 0 Å². The van der Waals surface area contributed by atoms with Gasteiger partial charge in [0.1, 0.15) is 18.3 Å². The predicted molar refractivity (Wildman–Crippen MR) is 84.1 cm³/mol. The molecule has 2 amide bonds. The highest BCUT2D eigenvalue weighted by atomic mass is 32.2. The molecule has 2 fully saturated rings. The number of piperazine rings is 1. The van der Waals surface area contributed by atoms with Gasteiger partial charge >= 0.3 is 0 Å². The Morgan fingerprint density at radius 1 is 1.29 bits per heavy atom. The third kappa shape index (κ3) is 2.58. The minimum atomic E-state index is -3.85. The molecule has 0 radical (unpaired) electrons. The number of amides is 2. The van der Waals surface area contributed by atoms with Crippen molar-refractivity contribution in [1.29, 1.82) is 0 Å². The van der Waals surface area contributed by atoms with Crippen LogP contribution in [0.4, 0.5) is 0 Å². The zero-order chi connectivity index (χ0) is 17.6. The molecule has 24 heavy (non-hydrogen) atoms. The summed E-state index contributed by atoms with van der Waals surface area (Å²) in [6, 6.07) is 4.63. The molecule has 0 aliphatic carbocycles. The zero-order valence-electron chi connectivity index (χ0n) is 13.4. The molecule has 0 unspecified atom stereocenters. The normalized spacial score (nSPS) is 28.0. The van der Waals surface area contributed by atoms with Crippen molar-refractivity contribution >= 4 is 21.8 Å². The summed E-state index contributed by atoms with van der Waals surface area (Å²) in [7, 11) is -3.85. The number of carbonyl (C=O) groups excluding carboxylic acids is 2. The Morgan fingerprint density at radius 3 is 2.50 bits per heavy atom. The van der Waals surface area contributed by atoms with Gasteiger partial charge in [-0.2, -0.15) is 4.31 Å². The van der Waals surface area contributed by atoms with Crippen LogP contribution in [0.5, 0.6) is 0 Å². The average molecular weight is 353 g/mol. The van der Waals surface area contributed by atoms with Crippen LogP contribution in [-0.2, 0) is 24.3 Å².